The molecule has 164 valence electrons. The lowest BCUT2D eigenvalue weighted by Gasteiger charge is -2.40. The smallest absolute Gasteiger partial charge is 0.264 e. The highest BCUT2D eigenvalue weighted by molar-refractivity contribution is 7.89. The molecule has 0 radical (unpaired) electrons. The standard InChI is InChI=1S/C22H24N2O6S/c1-16-15-24(21(17(2)30-16)22(25)23-26)31(27,28)20-12-10-19(11-13-20)29-14-6-9-18-7-4-3-5-8-18/h3-5,7-8,10-13,16-17,21,26H,14-15H2,1-2H3,(H,23,25)/t16-,17-,21+/m0/s1. The Morgan fingerprint density at radius 3 is 2.52 bits per heavy atom. The minimum atomic E-state index is -4.01. The normalized spacial score (nSPS) is 21.6. The Morgan fingerprint density at radius 2 is 1.87 bits per heavy atom. The van der Waals surface area contributed by atoms with E-state index in [1.807, 2.05) is 30.3 Å². The zero-order valence-corrected chi connectivity index (χ0v) is 18.0. The summed E-state index contributed by atoms with van der Waals surface area (Å²) in [4.78, 5) is 12.1. The summed E-state index contributed by atoms with van der Waals surface area (Å²) in [6.45, 7) is 3.45. The van der Waals surface area contributed by atoms with Crippen LogP contribution in [0.3, 0.4) is 0 Å². The lowest BCUT2D eigenvalue weighted by atomic mass is 10.1. The second kappa shape index (κ2) is 9.94. The van der Waals surface area contributed by atoms with Crippen LogP contribution >= 0.6 is 0 Å². The number of amides is 1. The number of benzene rings is 2. The molecule has 2 aromatic rings. The van der Waals surface area contributed by atoms with Gasteiger partial charge in [0.05, 0.1) is 17.1 Å². The summed E-state index contributed by atoms with van der Waals surface area (Å²) < 4.78 is 38.6. The molecule has 1 heterocycles. The summed E-state index contributed by atoms with van der Waals surface area (Å²) >= 11 is 0. The SMILES string of the molecule is C[C@@H]1O[C@@H](C)CN(S(=O)(=O)c2ccc(OCC#Cc3ccccc3)cc2)[C@H]1C(=O)NO. The number of hydrogen-bond acceptors (Lipinski definition) is 6. The van der Waals surface area contributed by atoms with Gasteiger partial charge in [0.1, 0.15) is 18.4 Å². The van der Waals surface area contributed by atoms with Gasteiger partial charge in [0.25, 0.3) is 5.91 Å². The average Bonchev–Trinajstić information content (AvgIpc) is 2.77. The number of nitrogens with one attached hydrogen (secondary N) is 1. The fraction of sp³-hybridized carbons (Fsp3) is 0.318. The van der Waals surface area contributed by atoms with Crippen molar-refractivity contribution < 1.29 is 27.9 Å². The number of sulfonamides is 1. The number of nitrogens with zero attached hydrogens (tertiary/aromatic N) is 1. The molecule has 1 saturated heterocycles. The maximum absolute atomic E-state index is 13.2. The van der Waals surface area contributed by atoms with Crippen molar-refractivity contribution in [1.82, 2.24) is 9.79 Å². The fourth-order valence-electron chi connectivity index (χ4n) is 3.37. The summed E-state index contributed by atoms with van der Waals surface area (Å²) in [6, 6.07) is 14.2. The third-order valence-corrected chi connectivity index (χ3v) is 6.63. The van der Waals surface area contributed by atoms with Gasteiger partial charge in [-0.3, -0.25) is 10.0 Å². The first-order chi connectivity index (χ1) is 14.8. The van der Waals surface area contributed by atoms with Crippen LogP contribution in [0.5, 0.6) is 5.75 Å². The van der Waals surface area contributed by atoms with Crippen LogP contribution in [0.4, 0.5) is 0 Å². The number of hydroxylamine groups is 1. The largest absolute Gasteiger partial charge is 0.481 e. The fourth-order valence-corrected chi connectivity index (χ4v) is 5.09. The van der Waals surface area contributed by atoms with E-state index in [1.165, 1.54) is 29.7 Å². The van der Waals surface area contributed by atoms with E-state index in [1.54, 1.807) is 13.8 Å². The van der Waals surface area contributed by atoms with Crippen LogP contribution in [0.15, 0.2) is 59.5 Å². The lowest BCUT2D eigenvalue weighted by molar-refractivity contribution is -0.146. The monoisotopic (exact) mass is 444 g/mol. The van der Waals surface area contributed by atoms with Crippen LogP contribution in [0, 0.1) is 11.8 Å². The molecule has 3 rings (SSSR count). The van der Waals surface area contributed by atoms with Gasteiger partial charge in [-0.1, -0.05) is 30.0 Å². The van der Waals surface area contributed by atoms with E-state index in [-0.39, 0.29) is 18.0 Å². The molecule has 0 aliphatic carbocycles. The molecule has 2 N–H and O–H groups in total. The van der Waals surface area contributed by atoms with E-state index in [4.69, 9.17) is 14.7 Å². The van der Waals surface area contributed by atoms with Crippen LogP contribution in [-0.4, -0.2) is 55.2 Å². The highest BCUT2D eigenvalue weighted by Gasteiger charge is 2.44. The van der Waals surface area contributed by atoms with Crippen molar-refractivity contribution in [2.75, 3.05) is 13.2 Å². The molecule has 0 saturated carbocycles. The number of carbonyl (C=O) groups excluding carboxylic acids is 1. The number of morpholine rings is 1. The highest BCUT2D eigenvalue weighted by Crippen LogP contribution is 2.27. The van der Waals surface area contributed by atoms with Crippen molar-refractivity contribution in [3.05, 3.63) is 60.2 Å². The lowest BCUT2D eigenvalue weighted by Crippen LogP contribution is -2.60. The van der Waals surface area contributed by atoms with Crippen molar-refractivity contribution in [3.8, 4) is 17.6 Å². The van der Waals surface area contributed by atoms with E-state index in [9.17, 15) is 13.2 Å². The summed E-state index contributed by atoms with van der Waals surface area (Å²) in [5.41, 5.74) is 2.40. The summed E-state index contributed by atoms with van der Waals surface area (Å²) in [6.07, 6.45) is -1.13. The predicted octanol–water partition coefficient (Wildman–Crippen LogP) is 1.79. The molecule has 1 amide bonds. The Morgan fingerprint density at radius 1 is 1.19 bits per heavy atom. The number of rotatable bonds is 5. The van der Waals surface area contributed by atoms with Crippen molar-refractivity contribution in [3.63, 3.8) is 0 Å². The van der Waals surface area contributed by atoms with Gasteiger partial charge in [-0.25, -0.2) is 13.9 Å². The predicted molar refractivity (Wildman–Crippen MR) is 113 cm³/mol. The first-order valence-electron chi connectivity index (χ1n) is 9.71. The molecule has 31 heavy (non-hydrogen) atoms. The van der Waals surface area contributed by atoms with E-state index in [2.05, 4.69) is 11.8 Å². The molecule has 1 aliphatic heterocycles. The average molecular weight is 445 g/mol. The summed E-state index contributed by atoms with van der Waals surface area (Å²) in [5, 5.41) is 9.03. The minimum absolute atomic E-state index is 0.00672. The molecule has 0 unspecified atom stereocenters. The van der Waals surface area contributed by atoms with Crippen molar-refractivity contribution in [1.29, 1.82) is 0 Å². The molecule has 3 atom stereocenters. The first-order valence-corrected chi connectivity index (χ1v) is 11.1. The Bertz CT molecular complexity index is 1060. The van der Waals surface area contributed by atoms with Crippen LogP contribution < -0.4 is 10.2 Å². The second-order valence-corrected chi connectivity index (χ2v) is 8.97. The van der Waals surface area contributed by atoms with Gasteiger partial charge >= 0.3 is 0 Å². The van der Waals surface area contributed by atoms with Gasteiger partial charge in [-0.15, -0.1) is 0 Å². The van der Waals surface area contributed by atoms with E-state index in [0.29, 0.717) is 5.75 Å². The van der Waals surface area contributed by atoms with Gasteiger partial charge < -0.3 is 9.47 Å². The van der Waals surface area contributed by atoms with Crippen LogP contribution in [0.1, 0.15) is 19.4 Å². The van der Waals surface area contributed by atoms with Crippen molar-refractivity contribution in [2.24, 2.45) is 0 Å². The maximum Gasteiger partial charge on any atom is 0.264 e. The van der Waals surface area contributed by atoms with Crippen LogP contribution in [0.25, 0.3) is 0 Å². The van der Waals surface area contributed by atoms with Gasteiger partial charge in [0, 0.05) is 12.1 Å². The van der Waals surface area contributed by atoms with Gasteiger partial charge in [0.2, 0.25) is 10.0 Å². The first kappa shape index (κ1) is 22.8. The van der Waals surface area contributed by atoms with Gasteiger partial charge in [-0.2, -0.15) is 4.31 Å². The van der Waals surface area contributed by atoms with Gasteiger partial charge in [0.15, 0.2) is 0 Å². The molecular formula is C22H24N2O6S. The minimum Gasteiger partial charge on any atom is -0.481 e. The molecular weight excluding hydrogens is 420 g/mol. The zero-order chi connectivity index (χ0) is 22.4. The van der Waals surface area contributed by atoms with Crippen LogP contribution in [-0.2, 0) is 19.6 Å². The number of hydrogen-bond donors (Lipinski definition) is 2. The molecule has 0 bridgehead atoms. The maximum atomic E-state index is 13.2. The van der Waals surface area contributed by atoms with Gasteiger partial charge in [-0.05, 0) is 50.2 Å². The van der Waals surface area contributed by atoms with Crippen molar-refractivity contribution >= 4 is 15.9 Å². The molecule has 0 spiro atoms. The number of carbonyl (C=O) groups is 1. The number of ether oxygens (including phenoxy) is 2. The Balaban J connectivity index is 1.72. The van der Waals surface area contributed by atoms with E-state index in [0.717, 1.165) is 9.87 Å². The zero-order valence-electron chi connectivity index (χ0n) is 17.2. The third-order valence-electron chi connectivity index (χ3n) is 4.77. The summed E-state index contributed by atoms with van der Waals surface area (Å²) in [5.74, 6) is 5.50. The molecule has 8 nitrogen and oxygen atoms in total. The quantitative estimate of drug-likeness (QED) is 0.414. The molecule has 1 aliphatic rings. The molecule has 1 fully saturated rings. The highest BCUT2D eigenvalue weighted by atomic mass is 32.2. The Kier molecular flexibility index (Phi) is 7.30. The molecule has 0 aromatic heterocycles. The Labute approximate surface area is 181 Å². The topological polar surface area (TPSA) is 105 Å². The van der Waals surface area contributed by atoms with E-state index >= 15 is 0 Å². The Hall–Kier alpha value is -2.90. The molecule has 2 aromatic carbocycles. The molecule has 9 heteroatoms. The van der Waals surface area contributed by atoms with Crippen molar-refractivity contribution in [2.45, 2.75) is 37.0 Å². The van der Waals surface area contributed by atoms with E-state index < -0.39 is 34.2 Å². The van der Waals surface area contributed by atoms with Crippen LogP contribution in [0.2, 0.25) is 0 Å². The summed E-state index contributed by atoms with van der Waals surface area (Å²) in [7, 11) is -4.01. The second-order valence-electron chi connectivity index (χ2n) is 7.08. The third kappa shape index (κ3) is 5.42.